The highest BCUT2D eigenvalue weighted by molar-refractivity contribution is 7.86. The van der Waals surface area contributed by atoms with Gasteiger partial charge in [0.2, 0.25) is 0 Å². The molecule has 8 rings (SSSR count). The molecular formula is C28H34O8S2. The van der Waals surface area contributed by atoms with Gasteiger partial charge in [0.25, 0.3) is 20.2 Å². The first-order valence-electron chi connectivity index (χ1n) is 13.4. The molecule has 38 heavy (non-hydrogen) atoms. The van der Waals surface area contributed by atoms with E-state index in [1.54, 1.807) is 0 Å². The third-order valence-corrected chi connectivity index (χ3v) is 13.5. The minimum Gasteiger partial charge on any atom is -0.453 e. The van der Waals surface area contributed by atoms with Gasteiger partial charge in [-0.05, 0) is 95.3 Å². The van der Waals surface area contributed by atoms with Crippen molar-refractivity contribution < 1.29 is 34.8 Å². The largest absolute Gasteiger partial charge is 0.453 e. The van der Waals surface area contributed by atoms with Crippen molar-refractivity contribution in [2.24, 2.45) is 33.5 Å². The van der Waals surface area contributed by atoms with Crippen LogP contribution in [-0.2, 0) is 20.2 Å². The van der Waals surface area contributed by atoms with E-state index >= 15 is 0 Å². The van der Waals surface area contributed by atoms with Gasteiger partial charge in [-0.15, -0.1) is 0 Å². The smallest absolute Gasteiger partial charge is 0.265 e. The number of hydrogen-bond acceptors (Lipinski definition) is 6. The van der Waals surface area contributed by atoms with Crippen LogP contribution in [0.2, 0.25) is 0 Å². The molecule has 0 saturated heterocycles. The lowest BCUT2D eigenvalue weighted by Gasteiger charge is -2.36. The van der Waals surface area contributed by atoms with Crippen molar-refractivity contribution in [2.45, 2.75) is 66.2 Å². The molecule has 4 atom stereocenters. The first-order valence-corrected chi connectivity index (χ1v) is 16.6. The predicted molar refractivity (Wildman–Crippen MR) is 143 cm³/mol. The summed E-state index contributed by atoms with van der Waals surface area (Å²) in [4.78, 5) is 0. The quantitative estimate of drug-likeness (QED) is 0.448. The van der Waals surface area contributed by atoms with Crippen LogP contribution >= 0.6 is 0 Å². The monoisotopic (exact) mass is 562 g/mol. The van der Waals surface area contributed by atoms with E-state index in [9.17, 15) is 25.9 Å². The first-order chi connectivity index (χ1) is 17.5. The molecule has 4 unspecified atom stereocenters. The maximum absolute atomic E-state index is 12.0. The molecule has 4 aliphatic rings. The lowest BCUT2D eigenvalue weighted by molar-refractivity contribution is 0.153. The molecule has 10 heteroatoms. The van der Waals surface area contributed by atoms with Crippen LogP contribution in [0.15, 0.2) is 21.0 Å². The normalized spacial score (nSPS) is 36.9. The van der Waals surface area contributed by atoms with Gasteiger partial charge in [0.1, 0.15) is 10.8 Å². The van der Waals surface area contributed by atoms with Gasteiger partial charge in [0, 0.05) is 5.39 Å². The van der Waals surface area contributed by atoms with Gasteiger partial charge < -0.3 is 8.83 Å². The van der Waals surface area contributed by atoms with Crippen LogP contribution < -0.4 is 10.8 Å². The molecule has 1 aromatic carbocycles. The van der Waals surface area contributed by atoms with E-state index in [-0.39, 0.29) is 34.2 Å². The Kier molecular flexibility index (Phi) is 4.66. The van der Waals surface area contributed by atoms with E-state index in [4.69, 9.17) is 8.83 Å². The number of hydrogen-bond donors (Lipinski definition) is 2. The minimum absolute atomic E-state index is 0.153. The molecule has 4 aliphatic carbocycles. The fourth-order valence-corrected chi connectivity index (χ4v) is 12.1. The molecule has 4 saturated carbocycles. The van der Waals surface area contributed by atoms with Crippen molar-refractivity contribution >= 4 is 53.3 Å². The Bertz CT molecular complexity index is 1860. The first kappa shape index (κ1) is 25.1. The van der Waals surface area contributed by atoms with Crippen LogP contribution in [0.1, 0.15) is 66.2 Å². The maximum atomic E-state index is 12.0. The van der Waals surface area contributed by atoms with Gasteiger partial charge in [-0.3, -0.25) is 9.11 Å². The average Bonchev–Trinajstić information content (AvgIpc) is 3.29. The highest BCUT2D eigenvalue weighted by Crippen LogP contribution is 2.69. The summed E-state index contributed by atoms with van der Waals surface area (Å²) >= 11 is 0. The standard InChI is InChI=1S/C28H34O8S2/c1-25(2)18-7-9-27(25,13-37(29,30)31)11-16(18)22-15-5-6-20(35-22)24-21(15)23(36-24)17-12-28(14-38(32,33)34)10-8-19(17)26(28,3)4/h5-6,18-19H,7-14H2,1-4H3,(H,29,30,31)(H,32,33,34)/b22-16-,23-17-. The number of rotatable bonds is 4. The maximum Gasteiger partial charge on any atom is 0.265 e. The van der Waals surface area contributed by atoms with Crippen LogP contribution in [0.25, 0.3) is 33.1 Å². The zero-order valence-electron chi connectivity index (χ0n) is 22.1. The fourth-order valence-electron chi connectivity index (χ4n) is 9.46. The van der Waals surface area contributed by atoms with Gasteiger partial charge in [0.15, 0.2) is 11.2 Å². The third-order valence-electron chi connectivity index (χ3n) is 11.7. The van der Waals surface area contributed by atoms with Crippen molar-refractivity contribution in [3.8, 4) is 0 Å². The molecule has 0 amide bonds. The molecular weight excluding hydrogens is 528 g/mol. The highest BCUT2D eigenvalue weighted by atomic mass is 32.2. The highest BCUT2D eigenvalue weighted by Gasteiger charge is 2.64. The fraction of sp³-hybridized carbons (Fsp3) is 0.643. The summed E-state index contributed by atoms with van der Waals surface area (Å²) in [6.07, 6.45) is 4.35. The molecule has 206 valence electrons. The van der Waals surface area contributed by atoms with Gasteiger partial charge in [-0.2, -0.15) is 16.8 Å². The summed E-state index contributed by atoms with van der Waals surface area (Å²) in [6, 6.07) is 3.94. The van der Waals surface area contributed by atoms with E-state index in [0.717, 1.165) is 58.4 Å². The van der Waals surface area contributed by atoms with Gasteiger partial charge in [-0.25, -0.2) is 0 Å². The van der Waals surface area contributed by atoms with Crippen LogP contribution in [0.5, 0.6) is 0 Å². The number of benzene rings is 1. The number of fused-ring (bicyclic) bond motifs is 6. The minimum atomic E-state index is -4.14. The zero-order valence-corrected chi connectivity index (χ0v) is 23.8. The molecule has 4 fully saturated rings. The van der Waals surface area contributed by atoms with Crippen LogP contribution in [0, 0.1) is 33.5 Å². The van der Waals surface area contributed by atoms with Gasteiger partial charge >= 0.3 is 0 Å². The van der Waals surface area contributed by atoms with Crippen LogP contribution in [0.4, 0.5) is 0 Å². The average molecular weight is 563 g/mol. The predicted octanol–water partition coefficient (Wildman–Crippen LogP) is 4.35. The Morgan fingerprint density at radius 2 is 1.29 bits per heavy atom. The Morgan fingerprint density at radius 1 is 0.789 bits per heavy atom. The van der Waals surface area contributed by atoms with E-state index in [1.165, 1.54) is 0 Å². The van der Waals surface area contributed by atoms with Crippen molar-refractivity contribution in [2.75, 3.05) is 11.5 Å². The molecule has 0 radical (unpaired) electrons. The summed E-state index contributed by atoms with van der Waals surface area (Å²) in [7, 11) is -8.27. The summed E-state index contributed by atoms with van der Waals surface area (Å²) < 4.78 is 80.1. The SMILES string of the molecule is CC1(C)C2CCC1(CS(=O)(=O)O)C/C2=c1/oc2ccc1c1/c(=C3\CC4(CS(=O)(=O)O)CCC3C4(C)C)oc21. The molecule has 3 heterocycles. The molecule has 4 aromatic rings. The molecule has 6 bridgehead atoms. The lowest BCUT2D eigenvalue weighted by atomic mass is 9.71. The second-order valence-corrected chi connectivity index (χ2v) is 16.6. The van der Waals surface area contributed by atoms with Crippen LogP contribution in [0.3, 0.4) is 0 Å². The summed E-state index contributed by atoms with van der Waals surface area (Å²) in [6.45, 7) is 8.42. The van der Waals surface area contributed by atoms with Gasteiger partial charge in [-0.1, -0.05) is 27.7 Å². The Balaban J connectivity index is 1.43. The zero-order chi connectivity index (χ0) is 27.3. The lowest BCUT2D eigenvalue weighted by Crippen LogP contribution is -2.36. The summed E-state index contributed by atoms with van der Waals surface area (Å²) in [5.74, 6) is -0.174. The Labute approximate surface area is 222 Å². The Hall–Kier alpha value is -1.88. The molecule has 8 nitrogen and oxygen atoms in total. The van der Waals surface area contributed by atoms with Crippen molar-refractivity contribution in [1.82, 2.24) is 0 Å². The van der Waals surface area contributed by atoms with E-state index in [2.05, 4.69) is 27.7 Å². The van der Waals surface area contributed by atoms with Crippen molar-refractivity contribution in [1.29, 1.82) is 0 Å². The van der Waals surface area contributed by atoms with Crippen molar-refractivity contribution in [3.05, 3.63) is 23.0 Å². The second kappa shape index (κ2) is 7.06. The summed E-state index contributed by atoms with van der Waals surface area (Å²) in [5, 5.41) is 1.94. The van der Waals surface area contributed by atoms with Crippen molar-refractivity contribution in [3.63, 3.8) is 0 Å². The van der Waals surface area contributed by atoms with Crippen LogP contribution in [-0.4, -0.2) is 37.4 Å². The third kappa shape index (κ3) is 3.03. The summed E-state index contributed by atoms with van der Waals surface area (Å²) in [5.41, 5.74) is 3.52. The van der Waals surface area contributed by atoms with Gasteiger partial charge in [0.05, 0.1) is 16.9 Å². The Morgan fingerprint density at radius 3 is 1.79 bits per heavy atom. The van der Waals surface area contributed by atoms with E-state index in [0.29, 0.717) is 24.0 Å². The van der Waals surface area contributed by atoms with E-state index in [1.807, 2.05) is 12.1 Å². The molecule has 0 spiro atoms. The van der Waals surface area contributed by atoms with E-state index < -0.39 is 31.1 Å². The second-order valence-electron chi connectivity index (χ2n) is 13.7. The molecule has 0 aliphatic heterocycles. The molecule has 3 aromatic heterocycles. The topological polar surface area (TPSA) is 135 Å². The molecule has 2 N–H and O–H groups in total.